The Bertz CT molecular complexity index is 261. The predicted octanol–water partition coefficient (Wildman–Crippen LogP) is 2.56. The van der Waals surface area contributed by atoms with Crippen LogP contribution in [-0.4, -0.2) is 18.1 Å². The van der Waals surface area contributed by atoms with Gasteiger partial charge in [-0.3, -0.25) is 4.57 Å². The van der Waals surface area contributed by atoms with Crippen molar-refractivity contribution in [2.75, 3.05) is 13.2 Å². The van der Waals surface area contributed by atoms with Crippen LogP contribution < -0.4 is 5.48 Å². The van der Waals surface area contributed by atoms with Gasteiger partial charge in [-0.1, -0.05) is 33.1 Å². The number of hydrogen-bond donors (Lipinski definition) is 2. The second-order valence-corrected chi connectivity index (χ2v) is 6.50. The van der Waals surface area contributed by atoms with Gasteiger partial charge in [0.15, 0.2) is 0 Å². The molecule has 0 aliphatic carbocycles. The van der Waals surface area contributed by atoms with Crippen molar-refractivity contribution < 1.29 is 23.0 Å². The van der Waals surface area contributed by atoms with E-state index in [1.165, 1.54) is 7.05 Å². The Morgan fingerprint density at radius 3 is 2.56 bits per heavy atom. The fourth-order valence-corrected chi connectivity index (χ4v) is 4.07. The maximum Gasteiger partial charge on any atom is 0.494 e. The van der Waals surface area contributed by atoms with E-state index < -0.39 is 15.9 Å². The van der Waals surface area contributed by atoms with Crippen molar-refractivity contribution in [3.8, 4) is 0 Å². The van der Waals surface area contributed by atoms with E-state index in [9.17, 15) is 9.13 Å². The third kappa shape index (κ3) is 7.55. The Hall–Kier alpha value is 0.300. The first kappa shape index (κ1) is 16.3. The lowest BCUT2D eigenvalue weighted by Crippen LogP contribution is -2.06. The summed E-state index contributed by atoms with van der Waals surface area (Å²) < 4.78 is 31.4. The fraction of sp³-hybridized carbons (Fsp3) is 1.00. The lowest BCUT2D eigenvalue weighted by Gasteiger charge is -2.15. The highest BCUT2D eigenvalue weighted by atomic mass is 31.2. The van der Waals surface area contributed by atoms with Gasteiger partial charge in [0.05, 0.1) is 0 Å². The first-order chi connectivity index (χ1) is 7.45. The summed E-state index contributed by atoms with van der Waals surface area (Å²) in [5.41, 5.74) is 2.05. The molecule has 0 spiro atoms. The molecular weight excluding hydrogens is 252 g/mol. The molecule has 8 heteroatoms. The highest BCUT2D eigenvalue weighted by molar-refractivity contribution is 7.57. The molecule has 0 aliphatic rings. The highest BCUT2D eigenvalue weighted by Gasteiger charge is 2.25. The van der Waals surface area contributed by atoms with E-state index in [0.29, 0.717) is 6.16 Å². The van der Waals surface area contributed by atoms with E-state index in [1.807, 2.05) is 19.3 Å². The van der Waals surface area contributed by atoms with Gasteiger partial charge in [0, 0.05) is 13.2 Å². The lowest BCUT2D eigenvalue weighted by molar-refractivity contribution is 0.149. The number of hydrogen-bond acceptors (Lipinski definition) is 5. The molecule has 98 valence electrons. The standard InChI is InChI=1S/C8H21NO5P2/c1-4-6-8(5-2)7-15(10)14-16(11,12)13-9-3/h8-9,15H,4-7H2,1-3H3,(H,11,12). The Balaban J connectivity index is 4.10. The van der Waals surface area contributed by atoms with Crippen molar-refractivity contribution in [1.29, 1.82) is 0 Å². The molecule has 0 saturated heterocycles. The molecule has 0 radical (unpaired) electrons. The van der Waals surface area contributed by atoms with Crippen LogP contribution in [0.25, 0.3) is 0 Å². The van der Waals surface area contributed by atoms with Crippen molar-refractivity contribution in [2.45, 2.75) is 33.1 Å². The zero-order valence-electron chi connectivity index (χ0n) is 9.93. The van der Waals surface area contributed by atoms with E-state index in [0.717, 1.165) is 19.3 Å². The van der Waals surface area contributed by atoms with Crippen LogP contribution in [-0.2, 0) is 18.1 Å². The van der Waals surface area contributed by atoms with Crippen LogP contribution in [0.2, 0.25) is 0 Å². The molecule has 0 aliphatic heterocycles. The van der Waals surface area contributed by atoms with Crippen LogP contribution in [0, 0.1) is 5.92 Å². The molecule has 2 N–H and O–H groups in total. The summed E-state index contributed by atoms with van der Waals surface area (Å²) in [6.45, 7) is 4.04. The molecule has 0 heterocycles. The van der Waals surface area contributed by atoms with Gasteiger partial charge in [0.1, 0.15) is 0 Å². The van der Waals surface area contributed by atoms with Gasteiger partial charge in [-0.05, 0) is 5.92 Å². The lowest BCUT2D eigenvalue weighted by atomic mass is 10.0. The van der Waals surface area contributed by atoms with E-state index in [-0.39, 0.29) is 5.92 Å². The number of rotatable bonds is 9. The third-order valence-corrected chi connectivity index (χ3v) is 5.21. The summed E-state index contributed by atoms with van der Waals surface area (Å²) in [6, 6.07) is 0. The molecule has 2 unspecified atom stereocenters. The first-order valence-corrected chi connectivity index (χ1v) is 8.37. The summed E-state index contributed by atoms with van der Waals surface area (Å²) in [5.74, 6) is 0.269. The van der Waals surface area contributed by atoms with Gasteiger partial charge in [0.25, 0.3) is 0 Å². The van der Waals surface area contributed by atoms with Crippen molar-refractivity contribution in [3.63, 3.8) is 0 Å². The summed E-state index contributed by atoms with van der Waals surface area (Å²) in [5, 5.41) is 0. The SMILES string of the molecule is CCCC(CC)C[PH](=O)O[P@](=O)(O)ONC. The molecule has 0 amide bonds. The monoisotopic (exact) mass is 273 g/mol. The Morgan fingerprint density at radius 1 is 1.50 bits per heavy atom. The van der Waals surface area contributed by atoms with Crippen LogP contribution in [0.15, 0.2) is 0 Å². The zero-order valence-corrected chi connectivity index (χ0v) is 11.8. The van der Waals surface area contributed by atoms with Crippen LogP contribution in [0.4, 0.5) is 0 Å². The van der Waals surface area contributed by atoms with Gasteiger partial charge in [-0.25, -0.2) is 8.88 Å². The van der Waals surface area contributed by atoms with Gasteiger partial charge in [-0.15, -0.1) is 0 Å². The maximum absolute atomic E-state index is 11.5. The number of phosphoric acid groups is 1. The van der Waals surface area contributed by atoms with E-state index in [2.05, 4.69) is 8.94 Å². The van der Waals surface area contributed by atoms with Crippen molar-refractivity contribution in [2.24, 2.45) is 5.92 Å². The van der Waals surface area contributed by atoms with Gasteiger partial charge in [-0.2, -0.15) is 10.1 Å². The second kappa shape index (κ2) is 8.40. The summed E-state index contributed by atoms with van der Waals surface area (Å²) in [6.07, 6.45) is 3.15. The Labute approximate surface area is 97.2 Å². The number of hydroxylamine groups is 1. The molecule has 3 atom stereocenters. The predicted molar refractivity (Wildman–Crippen MR) is 63.6 cm³/mol. The molecule has 0 aromatic carbocycles. The molecule has 0 aromatic rings. The highest BCUT2D eigenvalue weighted by Crippen LogP contribution is 2.51. The van der Waals surface area contributed by atoms with E-state index in [1.54, 1.807) is 0 Å². The summed E-state index contributed by atoms with van der Waals surface area (Å²) in [7, 11) is -5.41. The van der Waals surface area contributed by atoms with Gasteiger partial charge in [0.2, 0.25) is 8.03 Å². The average Bonchev–Trinajstić information content (AvgIpc) is 2.15. The van der Waals surface area contributed by atoms with Crippen LogP contribution in [0.5, 0.6) is 0 Å². The molecular formula is C8H21NO5P2. The van der Waals surface area contributed by atoms with Crippen molar-refractivity contribution in [3.05, 3.63) is 0 Å². The van der Waals surface area contributed by atoms with Crippen LogP contribution >= 0.6 is 15.9 Å². The van der Waals surface area contributed by atoms with E-state index >= 15 is 0 Å². The Kier molecular flexibility index (Phi) is 8.56. The largest absolute Gasteiger partial charge is 0.494 e. The fourth-order valence-electron chi connectivity index (χ4n) is 1.39. The molecule has 6 nitrogen and oxygen atoms in total. The first-order valence-electron chi connectivity index (χ1n) is 5.35. The molecule has 16 heavy (non-hydrogen) atoms. The normalized spacial score (nSPS) is 19.0. The molecule has 0 bridgehead atoms. The quantitative estimate of drug-likeness (QED) is 0.496. The smallest absolute Gasteiger partial charge is 0.301 e. The third-order valence-electron chi connectivity index (χ3n) is 2.15. The molecule has 0 aromatic heterocycles. The van der Waals surface area contributed by atoms with E-state index in [4.69, 9.17) is 4.89 Å². The molecule has 0 saturated carbocycles. The zero-order chi connectivity index (χ0) is 12.6. The Morgan fingerprint density at radius 2 is 2.12 bits per heavy atom. The molecule has 0 rings (SSSR count). The summed E-state index contributed by atoms with van der Waals surface area (Å²) >= 11 is 0. The minimum atomic E-state index is -4.21. The second-order valence-electron chi connectivity index (χ2n) is 3.49. The van der Waals surface area contributed by atoms with Gasteiger partial charge >= 0.3 is 7.82 Å². The summed E-state index contributed by atoms with van der Waals surface area (Å²) in [4.78, 5) is 9.07. The van der Waals surface area contributed by atoms with Gasteiger partial charge < -0.3 is 4.89 Å². The molecule has 0 fully saturated rings. The van der Waals surface area contributed by atoms with Crippen LogP contribution in [0.1, 0.15) is 33.1 Å². The maximum atomic E-state index is 11.5. The number of nitrogens with one attached hydrogen (secondary N) is 1. The minimum absolute atomic E-state index is 0.269. The minimum Gasteiger partial charge on any atom is -0.301 e. The topological polar surface area (TPSA) is 84.9 Å². The van der Waals surface area contributed by atoms with Crippen LogP contribution in [0.3, 0.4) is 0 Å². The van der Waals surface area contributed by atoms with Crippen molar-refractivity contribution in [1.82, 2.24) is 5.48 Å². The van der Waals surface area contributed by atoms with Crippen molar-refractivity contribution >= 4 is 15.9 Å². The average molecular weight is 273 g/mol.